The molecule has 18 heavy (non-hydrogen) atoms. The molecule has 2 N–H and O–H groups in total. The highest BCUT2D eigenvalue weighted by Gasteiger charge is 2.34. The first-order chi connectivity index (χ1) is 8.25. The molecule has 0 saturated carbocycles. The second kappa shape index (κ2) is 5.34. The zero-order valence-electron chi connectivity index (χ0n) is 9.42. The summed E-state index contributed by atoms with van der Waals surface area (Å²) in [7, 11) is 1.16. The van der Waals surface area contributed by atoms with Crippen LogP contribution in [0.5, 0.6) is 0 Å². The van der Waals surface area contributed by atoms with Crippen molar-refractivity contribution in [3.05, 3.63) is 35.1 Å². The molecule has 0 fully saturated rings. The molecule has 0 aromatic heterocycles. The van der Waals surface area contributed by atoms with Gasteiger partial charge in [-0.15, -0.1) is 0 Å². The first-order valence-corrected chi connectivity index (χ1v) is 4.94. The number of hydrogen-bond donors (Lipinski definition) is 1. The molecule has 1 aromatic rings. The van der Waals surface area contributed by atoms with E-state index >= 15 is 0 Å². The number of ether oxygens (including phenoxy) is 1. The van der Waals surface area contributed by atoms with Crippen LogP contribution < -0.4 is 5.73 Å². The van der Waals surface area contributed by atoms with Gasteiger partial charge in [-0.25, -0.2) is 4.39 Å². The average Bonchev–Trinajstić information content (AvgIpc) is 2.26. The lowest BCUT2D eigenvalue weighted by Gasteiger charge is -2.13. The lowest BCUT2D eigenvalue weighted by atomic mass is 10.0. The minimum Gasteiger partial charge on any atom is -0.469 e. The summed E-state index contributed by atoms with van der Waals surface area (Å²) in [5.41, 5.74) is 4.29. The molecule has 0 aliphatic carbocycles. The van der Waals surface area contributed by atoms with Crippen LogP contribution in [0.3, 0.4) is 0 Å². The maximum Gasteiger partial charge on any atom is 0.419 e. The Morgan fingerprint density at radius 1 is 1.44 bits per heavy atom. The molecule has 7 heteroatoms. The van der Waals surface area contributed by atoms with Crippen LogP contribution in [-0.4, -0.2) is 13.1 Å². The topological polar surface area (TPSA) is 52.3 Å². The Balaban J connectivity index is 2.94. The van der Waals surface area contributed by atoms with Gasteiger partial charge in [-0.05, 0) is 17.7 Å². The molecule has 0 unspecified atom stereocenters. The van der Waals surface area contributed by atoms with Crippen LogP contribution in [0.4, 0.5) is 17.6 Å². The first kappa shape index (κ1) is 14.4. The summed E-state index contributed by atoms with van der Waals surface area (Å²) in [5, 5.41) is 0. The molecule has 0 amide bonds. The van der Waals surface area contributed by atoms with E-state index in [1.54, 1.807) is 0 Å². The number of carbonyl (C=O) groups is 1. The maximum atomic E-state index is 13.2. The van der Waals surface area contributed by atoms with Crippen LogP contribution in [0.25, 0.3) is 0 Å². The fourth-order valence-corrected chi connectivity index (χ4v) is 1.37. The van der Waals surface area contributed by atoms with Gasteiger partial charge in [-0.3, -0.25) is 4.79 Å². The van der Waals surface area contributed by atoms with Gasteiger partial charge < -0.3 is 10.5 Å². The normalized spacial score (nSPS) is 13.2. The number of hydrogen-bond acceptors (Lipinski definition) is 3. The van der Waals surface area contributed by atoms with Crippen molar-refractivity contribution in [2.24, 2.45) is 5.73 Å². The molecule has 1 rings (SSSR count). The highest BCUT2D eigenvalue weighted by molar-refractivity contribution is 5.70. The summed E-state index contributed by atoms with van der Waals surface area (Å²) >= 11 is 0. The standard InChI is InChI=1S/C11H11F4NO2/c1-18-10(17)5-9(16)6-2-3-7(8(12)4-6)11(13,14)15/h2-4,9H,5,16H2,1H3/t9-/m0/s1. The van der Waals surface area contributed by atoms with E-state index < -0.39 is 29.6 Å². The van der Waals surface area contributed by atoms with Gasteiger partial charge in [-0.2, -0.15) is 13.2 Å². The molecule has 0 bridgehead atoms. The van der Waals surface area contributed by atoms with Crippen molar-refractivity contribution in [1.82, 2.24) is 0 Å². The van der Waals surface area contributed by atoms with E-state index in [1.807, 2.05) is 0 Å². The van der Waals surface area contributed by atoms with Gasteiger partial charge in [0.1, 0.15) is 5.82 Å². The highest BCUT2D eigenvalue weighted by Crippen LogP contribution is 2.32. The predicted molar refractivity (Wildman–Crippen MR) is 55.0 cm³/mol. The molecule has 0 spiro atoms. The minimum atomic E-state index is -4.75. The van der Waals surface area contributed by atoms with Crippen molar-refractivity contribution in [3.63, 3.8) is 0 Å². The Morgan fingerprint density at radius 3 is 2.50 bits per heavy atom. The zero-order chi connectivity index (χ0) is 13.9. The molecule has 0 heterocycles. The van der Waals surface area contributed by atoms with Crippen molar-refractivity contribution >= 4 is 5.97 Å². The van der Waals surface area contributed by atoms with Gasteiger partial charge in [0.25, 0.3) is 0 Å². The number of halogens is 4. The SMILES string of the molecule is COC(=O)C[C@H](N)c1ccc(C(F)(F)F)c(F)c1. The number of esters is 1. The van der Waals surface area contributed by atoms with Crippen LogP contribution in [-0.2, 0) is 15.7 Å². The third-order valence-corrected chi connectivity index (χ3v) is 2.34. The van der Waals surface area contributed by atoms with Gasteiger partial charge in [-0.1, -0.05) is 6.07 Å². The fourth-order valence-electron chi connectivity index (χ4n) is 1.37. The monoisotopic (exact) mass is 265 g/mol. The Morgan fingerprint density at radius 2 is 2.06 bits per heavy atom. The number of methoxy groups -OCH3 is 1. The molecule has 3 nitrogen and oxygen atoms in total. The molecule has 0 saturated heterocycles. The Kier molecular flexibility index (Phi) is 4.28. The third kappa shape index (κ3) is 3.43. The van der Waals surface area contributed by atoms with Crippen molar-refractivity contribution in [3.8, 4) is 0 Å². The number of rotatable bonds is 3. The number of alkyl halides is 3. The number of carbonyl (C=O) groups excluding carboxylic acids is 1. The van der Waals surface area contributed by atoms with Gasteiger partial charge in [0.2, 0.25) is 0 Å². The van der Waals surface area contributed by atoms with Gasteiger partial charge in [0, 0.05) is 6.04 Å². The van der Waals surface area contributed by atoms with Crippen LogP contribution in [0, 0.1) is 5.82 Å². The largest absolute Gasteiger partial charge is 0.469 e. The van der Waals surface area contributed by atoms with E-state index in [9.17, 15) is 22.4 Å². The van der Waals surface area contributed by atoms with Gasteiger partial charge in [0.05, 0.1) is 19.1 Å². The highest BCUT2D eigenvalue weighted by atomic mass is 19.4. The van der Waals surface area contributed by atoms with Crippen LogP contribution in [0.2, 0.25) is 0 Å². The van der Waals surface area contributed by atoms with E-state index in [0.29, 0.717) is 12.1 Å². The van der Waals surface area contributed by atoms with E-state index in [0.717, 1.165) is 13.2 Å². The Bertz CT molecular complexity index is 445. The molecule has 0 radical (unpaired) electrons. The summed E-state index contributed by atoms with van der Waals surface area (Å²) in [6.45, 7) is 0. The third-order valence-electron chi connectivity index (χ3n) is 2.34. The molecule has 0 aliphatic heterocycles. The van der Waals surface area contributed by atoms with Crippen LogP contribution in [0.15, 0.2) is 18.2 Å². The number of benzene rings is 1. The number of nitrogens with two attached hydrogens (primary N) is 1. The van der Waals surface area contributed by atoms with Crippen LogP contribution in [0.1, 0.15) is 23.6 Å². The second-order valence-electron chi connectivity index (χ2n) is 3.62. The fraction of sp³-hybridized carbons (Fsp3) is 0.364. The van der Waals surface area contributed by atoms with Crippen molar-refractivity contribution in [2.75, 3.05) is 7.11 Å². The summed E-state index contributed by atoms with van der Waals surface area (Å²) in [6.07, 6.45) is -4.99. The van der Waals surface area contributed by atoms with Crippen molar-refractivity contribution in [1.29, 1.82) is 0 Å². The molecule has 100 valence electrons. The van der Waals surface area contributed by atoms with Crippen molar-refractivity contribution < 1.29 is 27.1 Å². The smallest absolute Gasteiger partial charge is 0.419 e. The molecule has 1 atom stereocenters. The van der Waals surface area contributed by atoms with Gasteiger partial charge >= 0.3 is 12.1 Å². The quantitative estimate of drug-likeness (QED) is 0.674. The second-order valence-corrected chi connectivity index (χ2v) is 3.62. The molecule has 0 aliphatic rings. The minimum absolute atomic E-state index is 0.103. The lowest BCUT2D eigenvalue weighted by molar-refractivity contribution is -0.141. The van der Waals surface area contributed by atoms with E-state index in [4.69, 9.17) is 5.73 Å². The first-order valence-electron chi connectivity index (χ1n) is 4.94. The Labute approximate surface area is 101 Å². The Hall–Kier alpha value is -1.63. The van der Waals surface area contributed by atoms with E-state index in [-0.39, 0.29) is 12.0 Å². The zero-order valence-corrected chi connectivity index (χ0v) is 9.42. The maximum absolute atomic E-state index is 13.2. The average molecular weight is 265 g/mol. The predicted octanol–water partition coefficient (Wildman–Crippen LogP) is 2.41. The summed E-state index contributed by atoms with van der Waals surface area (Å²) < 4.78 is 54.5. The van der Waals surface area contributed by atoms with Crippen LogP contribution >= 0.6 is 0 Å². The molecule has 1 aromatic carbocycles. The van der Waals surface area contributed by atoms with E-state index in [1.165, 1.54) is 0 Å². The summed E-state index contributed by atoms with van der Waals surface area (Å²) in [6, 6.07) is 1.41. The summed E-state index contributed by atoms with van der Waals surface area (Å²) in [4.78, 5) is 10.9. The molecular formula is C11H11F4NO2. The van der Waals surface area contributed by atoms with E-state index in [2.05, 4.69) is 4.74 Å². The lowest BCUT2D eigenvalue weighted by Crippen LogP contribution is -2.17. The van der Waals surface area contributed by atoms with Gasteiger partial charge in [0.15, 0.2) is 0 Å². The van der Waals surface area contributed by atoms with Crippen molar-refractivity contribution in [2.45, 2.75) is 18.6 Å². The summed E-state index contributed by atoms with van der Waals surface area (Å²) in [5.74, 6) is -2.04. The molecular weight excluding hydrogens is 254 g/mol.